The van der Waals surface area contributed by atoms with Crippen LogP contribution in [0.15, 0.2) is 47.4 Å². The Kier molecular flexibility index (Phi) is 6.53. The number of rotatable bonds is 6. The standard InChI is InChI=1S/C22H24F3N3O4S/c23-22(24,25)16-2-1-3-17(12-16)26-21(29)27-19-13-18(33(30,31)14-15-4-5-15)6-7-20(19)28-8-10-32-11-9-28/h1-3,6-7,12-13,15H,4-5,8-11,14H2,(H2,26,27,29). The lowest BCUT2D eigenvalue weighted by molar-refractivity contribution is -0.137. The third kappa shape index (κ3) is 5.97. The van der Waals surface area contributed by atoms with Crippen LogP contribution in [0.2, 0.25) is 0 Å². The molecule has 0 unspecified atom stereocenters. The van der Waals surface area contributed by atoms with E-state index in [-0.39, 0.29) is 27.9 Å². The molecule has 0 radical (unpaired) electrons. The Balaban J connectivity index is 1.58. The number of nitrogens with one attached hydrogen (secondary N) is 2. The number of amides is 2. The van der Waals surface area contributed by atoms with E-state index in [1.165, 1.54) is 24.3 Å². The molecule has 1 heterocycles. The van der Waals surface area contributed by atoms with Gasteiger partial charge in [-0.15, -0.1) is 0 Å². The van der Waals surface area contributed by atoms with Crippen LogP contribution in [0.5, 0.6) is 0 Å². The molecule has 11 heteroatoms. The molecule has 0 spiro atoms. The van der Waals surface area contributed by atoms with Crippen molar-refractivity contribution in [1.29, 1.82) is 0 Å². The van der Waals surface area contributed by atoms with Crippen LogP contribution in [0.1, 0.15) is 18.4 Å². The van der Waals surface area contributed by atoms with Crippen molar-refractivity contribution < 1.29 is 31.1 Å². The van der Waals surface area contributed by atoms with Gasteiger partial charge < -0.3 is 20.3 Å². The van der Waals surface area contributed by atoms with Gasteiger partial charge >= 0.3 is 12.2 Å². The Morgan fingerprint density at radius 2 is 1.79 bits per heavy atom. The second-order valence-electron chi connectivity index (χ2n) is 8.16. The number of alkyl halides is 3. The van der Waals surface area contributed by atoms with Gasteiger partial charge in [0.2, 0.25) is 0 Å². The molecule has 2 aromatic rings. The van der Waals surface area contributed by atoms with Crippen molar-refractivity contribution in [2.45, 2.75) is 23.9 Å². The number of nitrogens with zero attached hydrogens (tertiary/aromatic N) is 1. The minimum Gasteiger partial charge on any atom is -0.378 e. The molecule has 33 heavy (non-hydrogen) atoms. The molecule has 0 bridgehead atoms. The molecule has 2 fully saturated rings. The molecule has 7 nitrogen and oxygen atoms in total. The number of carbonyl (C=O) groups is 1. The lowest BCUT2D eigenvalue weighted by Crippen LogP contribution is -2.37. The number of hydrogen-bond donors (Lipinski definition) is 2. The van der Waals surface area contributed by atoms with E-state index in [0.717, 1.165) is 25.0 Å². The molecule has 1 aliphatic heterocycles. The van der Waals surface area contributed by atoms with Crippen LogP contribution in [0.25, 0.3) is 0 Å². The zero-order valence-corrected chi connectivity index (χ0v) is 18.5. The smallest absolute Gasteiger partial charge is 0.378 e. The summed E-state index contributed by atoms with van der Waals surface area (Å²) in [6.45, 7) is 2.07. The first-order valence-electron chi connectivity index (χ1n) is 10.6. The molecule has 1 saturated carbocycles. The summed E-state index contributed by atoms with van der Waals surface area (Å²) in [5, 5.41) is 5.01. The average Bonchev–Trinajstić information content (AvgIpc) is 3.57. The number of halogens is 3. The summed E-state index contributed by atoms with van der Waals surface area (Å²) in [5.41, 5.74) is -0.0451. The first-order valence-corrected chi connectivity index (χ1v) is 12.2. The second kappa shape index (κ2) is 9.22. The fourth-order valence-corrected chi connectivity index (χ4v) is 5.36. The Bertz CT molecular complexity index is 1130. The molecule has 2 amide bonds. The third-order valence-corrected chi connectivity index (χ3v) is 7.41. The SMILES string of the molecule is O=C(Nc1cccc(C(F)(F)F)c1)Nc1cc(S(=O)(=O)CC2CC2)ccc1N1CCOCC1. The van der Waals surface area contributed by atoms with Crippen molar-refractivity contribution >= 4 is 32.9 Å². The van der Waals surface area contributed by atoms with E-state index in [1.54, 1.807) is 6.07 Å². The number of urea groups is 1. The van der Waals surface area contributed by atoms with Crippen LogP contribution in [0.3, 0.4) is 0 Å². The van der Waals surface area contributed by atoms with E-state index < -0.39 is 27.6 Å². The minimum absolute atomic E-state index is 0.0345. The Morgan fingerprint density at radius 1 is 1.06 bits per heavy atom. The summed E-state index contributed by atoms with van der Waals surface area (Å²) in [7, 11) is -3.52. The number of ether oxygens (including phenoxy) is 1. The Labute approximate surface area is 189 Å². The van der Waals surface area contributed by atoms with Crippen LogP contribution >= 0.6 is 0 Å². The highest BCUT2D eigenvalue weighted by molar-refractivity contribution is 7.91. The molecule has 4 rings (SSSR count). The number of anilines is 3. The molecule has 2 aliphatic rings. The lowest BCUT2D eigenvalue weighted by atomic mass is 10.2. The molecule has 2 N–H and O–H groups in total. The molecule has 1 aliphatic carbocycles. The highest BCUT2D eigenvalue weighted by Crippen LogP contribution is 2.35. The normalized spacial score (nSPS) is 17.0. The summed E-state index contributed by atoms with van der Waals surface area (Å²) < 4.78 is 69.8. The van der Waals surface area contributed by atoms with Crippen molar-refractivity contribution in [3.63, 3.8) is 0 Å². The van der Waals surface area contributed by atoms with E-state index in [1.807, 2.05) is 4.90 Å². The first kappa shape index (κ1) is 23.4. The summed E-state index contributed by atoms with van der Waals surface area (Å²) in [6.07, 6.45) is -2.77. The zero-order chi connectivity index (χ0) is 23.6. The van der Waals surface area contributed by atoms with Crippen LogP contribution in [-0.4, -0.2) is 46.5 Å². The zero-order valence-electron chi connectivity index (χ0n) is 17.7. The first-order chi connectivity index (χ1) is 15.6. The van der Waals surface area contributed by atoms with Crippen LogP contribution in [0.4, 0.5) is 35.0 Å². The minimum atomic E-state index is -4.54. The van der Waals surface area contributed by atoms with Gasteiger partial charge in [0, 0.05) is 18.8 Å². The van der Waals surface area contributed by atoms with Crippen molar-refractivity contribution in [1.82, 2.24) is 0 Å². The highest BCUT2D eigenvalue weighted by Gasteiger charge is 2.31. The van der Waals surface area contributed by atoms with Crippen molar-refractivity contribution in [2.75, 3.05) is 47.6 Å². The van der Waals surface area contributed by atoms with Gasteiger partial charge in [0.05, 0.1) is 40.8 Å². The molecule has 0 aromatic heterocycles. The van der Waals surface area contributed by atoms with Crippen molar-refractivity contribution in [3.05, 3.63) is 48.0 Å². The summed E-state index contributed by atoms with van der Waals surface area (Å²) in [4.78, 5) is 14.7. The van der Waals surface area contributed by atoms with Crippen LogP contribution < -0.4 is 15.5 Å². The van der Waals surface area contributed by atoms with Gasteiger partial charge in [-0.1, -0.05) is 6.07 Å². The number of carbonyl (C=O) groups excluding carboxylic acids is 1. The largest absolute Gasteiger partial charge is 0.416 e. The fraction of sp³-hybridized carbons (Fsp3) is 0.409. The van der Waals surface area contributed by atoms with Gasteiger partial charge in [0.15, 0.2) is 9.84 Å². The predicted molar refractivity (Wildman–Crippen MR) is 118 cm³/mol. The van der Waals surface area contributed by atoms with Gasteiger partial charge in [-0.05, 0) is 55.2 Å². The second-order valence-corrected chi connectivity index (χ2v) is 10.2. The Hall–Kier alpha value is -2.79. The topological polar surface area (TPSA) is 87.7 Å². The summed E-state index contributed by atoms with van der Waals surface area (Å²) in [6, 6.07) is 8.09. The Morgan fingerprint density at radius 3 is 2.45 bits per heavy atom. The van der Waals surface area contributed by atoms with Crippen LogP contribution in [-0.2, 0) is 20.8 Å². The summed E-state index contributed by atoms with van der Waals surface area (Å²) >= 11 is 0. The van der Waals surface area contributed by atoms with E-state index >= 15 is 0 Å². The fourth-order valence-electron chi connectivity index (χ4n) is 3.64. The average molecular weight is 484 g/mol. The van der Waals surface area contributed by atoms with Gasteiger partial charge in [-0.25, -0.2) is 13.2 Å². The maximum Gasteiger partial charge on any atom is 0.416 e. The monoisotopic (exact) mass is 483 g/mol. The van der Waals surface area contributed by atoms with Crippen molar-refractivity contribution in [2.24, 2.45) is 5.92 Å². The van der Waals surface area contributed by atoms with Crippen LogP contribution in [0, 0.1) is 5.92 Å². The molecule has 178 valence electrons. The maximum absolute atomic E-state index is 13.0. The molecular formula is C22H24F3N3O4S. The molecule has 1 saturated heterocycles. The number of benzene rings is 2. The van der Waals surface area contributed by atoms with Gasteiger partial charge in [-0.2, -0.15) is 13.2 Å². The van der Waals surface area contributed by atoms with E-state index in [0.29, 0.717) is 32.0 Å². The van der Waals surface area contributed by atoms with Crippen molar-refractivity contribution in [3.8, 4) is 0 Å². The van der Waals surface area contributed by atoms with E-state index in [4.69, 9.17) is 4.74 Å². The lowest BCUT2D eigenvalue weighted by Gasteiger charge is -2.30. The third-order valence-electron chi connectivity index (χ3n) is 5.53. The summed E-state index contributed by atoms with van der Waals surface area (Å²) in [5.74, 6) is 0.217. The van der Waals surface area contributed by atoms with E-state index in [2.05, 4.69) is 10.6 Å². The quantitative estimate of drug-likeness (QED) is 0.637. The molecule has 0 atom stereocenters. The van der Waals surface area contributed by atoms with E-state index in [9.17, 15) is 26.4 Å². The van der Waals surface area contributed by atoms with Gasteiger partial charge in [0.1, 0.15) is 0 Å². The maximum atomic E-state index is 13.0. The predicted octanol–water partition coefficient (Wildman–Crippen LogP) is 4.37. The number of morpholine rings is 1. The van der Waals surface area contributed by atoms with Gasteiger partial charge in [0.25, 0.3) is 0 Å². The molecule has 2 aromatic carbocycles. The van der Waals surface area contributed by atoms with Gasteiger partial charge in [-0.3, -0.25) is 0 Å². The highest BCUT2D eigenvalue weighted by atomic mass is 32.2. The number of hydrogen-bond acceptors (Lipinski definition) is 5. The number of sulfone groups is 1. The molecular weight excluding hydrogens is 459 g/mol.